The number of piperazine rings is 1. The number of nitrogens with zero attached hydrogens (tertiary/aromatic N) is 1. The molecule has 128 valence electrons. The van der Waals surface area contributed by atoms with Crippen molar-refractivity contribution in [2.45, 2.75) is 6.92 Å². The lowest BCUT2D eigenvalue weighted by molar-refractivity contribution is 0.0695. The minimum absolute atomic E-state index is 0.0111. The molecule has 0 atom stereocenters. The Labute approximate surface area is 138 Å². The highest BCUT2D eigenvalue weighted by Crippen LogP contribution is 2.11. The molecule has 0 aliphatic carbocycles. The molecule has 3 N–H and O–H groups in total. The Balaban J connectivity index is 0.000000238. The standard InChI is InChI=1S/C9H8O4.C4H9ClN2O2S/c1-5-2-3-6(8(10)11)4-7(5)9(12)13;5-10(8,9)7-3-1-6-2-4-7/h2-4H,1H3,(H,10,11)(H,12,13);6H,1-4H2. The van der Waals surface area contributed by atoms with E-state index in [1.807, 2.05) is 0 Å². The van der Waals surface area contributed by atoms with Gasteiger partial charge in [-0.3, -0.25) is 0 Å². The smallest absolute Gasteiger partial charge is 0.335 e. The Bertz CT molecular complexity index is 686. The number of carboxylic acids is 2. The second-order valence-electron chi connectivity index (χ2n) is 4.73. The predicted molar refractivity (Wildman–Crippen MR) is 84.3 cm³/mol. The summed E-state index contributed by atoms with van der Waals surface area (Å²) in [6.45, 7) is 3.95. The zero-order chi connectivity index (χ0) is 17.6. The van der Waals surface area contributed by atoms with E-state index in [0.717, 1.165) is 6.07 Å². The first kappa shape index (κ1) is 19.4. The van der Waals surface area contributed by atoms with Gasteiger partial charge in [-0.25, -0.2) is 9.59 Å². The molecule has 0 saturated carbocycles. The number of carboxylic acid groups (broad SMARTS) is 2. The molecule has 1 heterocycles. The van der Waals surface area contributed by atoms with Crippen LogP contribution in [0, 0.1) is 6.92 Å². The van der Waals surface area contributed by atoms with Gasteiger partial charge in [-0.1, -0.05) is 6.07 Å². The Kier molecular flexibility index (Phi) is 6.95. The molecular weight excluding hydrogens is 348 g/mol. The van der Waals surface area contributed by atoms with E-state index < -0.39 is 21.2 Å². The van der Waals surface area contributed by atoms with Crippen molar-refractivity contribution in [1.82, 2.24) is 9.62 Å². The molecule has 0 bridgehead atoms. The highest BCUT2D eigenvalue weighted by atomic mass is 35.7. The number of aryl methyl sites for hydroxylation is 1. The molecule has 1 fully saturated rings. The van der Waals surface area contributed by atoms with Crippen LogP contribution in [0.15, 0.2) is 18.2 Å². The fourth-order valence-corrected chi connectivity index (χ4v) is 2.88. The van der Waals surface area contributed by atoms with Gasteiger partial charge in [0, 0.05) is 36.9 Å². The summed E-state index contributed by atoms with van der Waals surface area (Å²) >= 11 is 0. The third-order valence-corrected chi connectivity index (χ3v) is 4.67. The fourth-order valence-electron chi connectivity index (χ4n) is 1.85. The molecule has 23 heavy (non-hydrogen) atoms. The van der Waals surface area contributed by atoms with Gasteiger partial charge in [-0.2, -0.15) is 12.7 Å². The van der Waals surface area contributed by atoms with Crippen LogP contribution in [0.5, 0.6) is 0 Å². The largest absolute Gasteiger partial charge is 0.478 e. The lowest BCUT2D eigenvalue weighted by atomic mass is 10.1. The van der Waals surface area contributed by atoms with Crippen molar-refractivity contribution >= 4 is 31.9 Å². The predicted octanol–water partition coefficient (Wildman–Crippen LogP) is 0.767. The van der Waals surface area contributed by atoms with Gasteiger partial charge in [0.15, 0.2) is 0 Å². The number of benzene rings is 1. The Morgan fingerprint density at radius 1 is 1.17 bits per heavy atom. The zero-order valence-electron chi connectivity index (χ0n) is 12.3. The molecule has 2 rings (SSSR count). The molecule has 1 aliphatic heterocycles. The summed E-state index contributed by atoms with van der Waals surface area (Å²) in [4.78, 5) is 21.1. The Morgan fingerprint density at radius 3 is 2.13 bits per heavy atom. The second kappa shape index (κ2) is 8.25. The van der Waals surface area contributed by atoms with Crippen molar-refractivity contribution in [3.63, 3.8) is 0 Å². The van der Waals surface area contributed by atoms with Crippen LogP contribution in [0.1, 0.15) is 26.3 Å². The van der Waals surface area contributed by atoms with Crippen molar-refractivity contribution in [1.29, 1.82) is 0 Å². The molecule has 0 amide bonds. The van der Waals surface area contributed by atoms with Gasteiger partial charge in [0.2, 0.25) is 0 Å². The van der Waals surface area contributed by atoms with E-state index in [9.17, 15) is 18.0 Å². The van der Waals surface area contributed by atoms with Crippen LogP contribution in [0.2, 0.25) is 0 Å². The van der Waals surface area contributed by atoms with Crippen LogP contribution in [-0.2, 0) is 9.24 Å². The quantitative estimate of drug-likeness (QED) is 0.676. The highest BCUT2D eigenvalue weighted by molar-refractivity contribution is 8.11. The summed E-state index contributed by atoms with van der Waals surface area (Å²) in [6.07, 6.45) is 0. The monoisotopic (exact) mass is 364 g/mol. The molecular formula is C13H17ClN2O6S. The second-order valence-corrected chi connectivity index (χ2v) is 7.24. The van der Waals surface area contributed by atoms with E-state index in [4.69, 9.17) is 20.9 Å². The molecule has 8 nitrogen and oxygen atoms in total. The van der Waals surface area contributed by atoms with Gasteiger partial charge in [0.05, 0.1) is 11.1 Å². The molecule has 1 aliphatic rings. The molecule has 0 unspecified atom stereocenters. The molecule has 1 aromatic rings. The van der Waals surface area contributed by atoms with Gasteiger partial charge in [0.25, 0.3) is 9.24 Å². The van der Waals surface area contributed by atoms with E-state index in [1.54, 1.807) is 6.92 Å². The Morgan fingerprint density at radius 2 is 1.74 bits per heavy atom. The third kappa shape index (κ3) is 6.14. The van der Waals surface area contributed by atoms with Gasteiger partial charge in [-0.15, -0.1) is 0 Å². The molecule has 0 spiro atoms. The third-order valence-electron chi connectivity index (χ3n) is 3.10. The van der Waals surface area contributed by atoms with Gasteiger partial charge in [0.1, 0.15) is 0 Å². The maximum absolute atomic E-state index is 10.6. The van der Waals surface area contributed by atoms with Crippen LogP contribution in [0.4, 0.5) is 0 Å². The summed E-state index contributed by atoms with van der Waals surface area (Å²) in [5.41, 5.74) is 0.570. The summed E-state index contributed by atoms with van der Waals surface area (Å²) < 4.78 is 22.6. The summed E-state index contributed by atoms with van der Waals surface area (Å²) in [7, 11) is 1.62. The highest BCUT2D eigenvalue weighted by Gasteiger charge is 2.20. The van der Waals surface area contributed by atoms with Crippen molar-refractivity contribution in [2.75, 3.05) is 26.2 Å². The van der Waals surface area contributed by atoms with Gasteiger partial charge >= 0.3 is 11.9 Å². The van der Waals surface area contributed by atoms with Crippen LogP contribution in [-0.4, -0.2) is 61.1 Å². The average Bonchev–Trinajstić information content (AvgIpc) is 2.48. The topological polar surface area (TPSA) is 124 Å². The van der Waals surface area contributed by atoms with Crippen LogP contribution in [0.3, 0.4) is 0 Å². The van der Waals surface area contributed by atoms with Crippen molar-refractivity contribution in [3.8, 4) is 0 Å². The van der Waals surface area contributed by atoms with E-state index >= 15 is 0 Å². The first-order chi connectivity index (χ1) is 10.6. The number of halogens is 1. The normalized spacial score (nSPS) is 15.4. The lowest BCUT2D eigenvalue weighted by Crippen LogP contribution is -2.44. The van der Waals surface area contributed by atoms with Crippen LogP contribution in [0.25, 0.3) is 0 Å². The van der Waals surface area contributed by atoms with Crippen molar-refractivity contribution in [2.24, 2.45) is 0 Å². The lowest BCUT2D eigenvalue weighted by Gasteiger charge is -2.23. The first-order valence-corrected chi connectivity index (χ1v) is 8.87. The maximum atomic E-state index is 10.6. The molecule has 10 heteroatoms. The van der Waals surface area contributed by atoms with Crippen molar-refractivity contribution < 1.29 is 28.2 Å². The number of hydrogen-bond donors (Lipinski definition) is 3. The van der Waals surface area contributed by atoms with Crippen LogP contribution < -0.4 is 5.32 Å². The summed E-state index contributed by atoms with van der Waals surface area (Å²) in [5, 5.41) is 20.3. The van der Waals surface area contributed by atoms with E-state index in [-0.39, 0.29) is 11.1 Å². The molecule has 1 aromatic carbocycles. The number of nitrogens with one attached hydrogen (secondary N) is 1. The SMILES string of the molecule is Cc1ccc(C(=O)O)cc1C(=O)O.O=S(=O)(Cl)N1CCNCC1. The summed E-state index contributed by atoms with van der Waals surface area (Å²) in [5.74, 6) is -2.23. The number of rotatable bonds is 3. The van der Waals surface area contributed by atoms with Crippen LogP contribution >= 0.6 is 10.7 Å². The van der Waals surface area contributed by atoms with Gasteiger partial charge < -0.3 is 15.5 Å². The fraction of sp³-hybridized carbons (Fsp3) is 0.385. The first-order valence-electron chi connectivity index (χ1n) is 6.60. The molecule has 0 aromatic heterocycles. The summed E-state index contributed by atoms with van der Waals surface area (Å²) in [6, 6.07) is 4.01. The van der Waals surface area contributed by atoms with Gasteiger partial charge in [-0.05, 0) is 24.6 Å². The number of hydrogen-bond acceptors (Lipinski definition) is 5. The zero-order valence-corrected chi connectivity index (χ0v) is 13.9. The number of carbonyl (C=O) groups is 2. The minimum Gasteiger partial charge on any atom is -0.478 e. The Hall–Kier alpha value is -1.68. The average molecular weight is 365 g/mol. The minimum atomic E-state index is -3.46. The molecule has 1 saturated heterocycles. The van der Waals surface area contributed by atoms with Crippen molar-refractivity contribution in [3.05, 3.63) is 34.9 Å². The van der Waals surface area contributed by atoms with E-state index in [1.165, 1.54) is 16.4 Å². The van der Waals surface area contributed by atoms with E-state index in [2.05, 4.69) is 5.32 Å². The number of aromatic carboxylic acids is 2. The maximum Gasteiger partial charge on any atom is 0.335 e. The van der Waals surface area contributed by atoms with E-state index in [0.29, 0.717) is 31.7 Å². The molecule has 0 radical (unpaired) electrons.